The van der Waals surface area contributed by atoms with E-state index in [1.165, 1.54) is 82.4 Å². The van der Waals surface area contributed by atoms with Gasteiger partial charge in [-0.05, 0) is 110 Å². The van der Waals surface area contributed by atoms with E-state index in [0.717, 1.165) is 0 Å². The molecule has 0 radical (unpaired) electrons. The fourth-order valence-electron chi connectivity index (χ4n) is 7.09. The summed E-state index contributed by atoms with van der Waals surface area (Å²) in [6.07, 6.45) is 0. The van der Waals surface area contributed by atoms with Gasteiger partial charge in [0.15, 0.2) is 0 Å². The van der Waals surface area contributed by atoms with Crippen molar-refractivity contribution >= 4 is 15.9 Å². The number of hydrogen-bond donors (Lipinski definition) is 0. The van der Waals surface area contributed by atoms with Gasteiger partial charge in [0.05, 0.1) is 0 Å². The second-order valence-electron chi connectivity index (χ2n) is 12.5. The Morgan fingerprint density at radius 2 is 0.821 bits per heavy atom. The maximum absolute atomic E-state index is 3.73. The first kappa shape index (κ1) is 24.6. The van der Waals surface area contributed by atoms with Crippen molar-refractivity contribution in [3.05, 3.63) is 129 Å². The number of fused-ring (bicyclic) bond motifs is 6. The van der Waals surface area contributed by atoms with Crippen LogP contribution in [-0.4, -0.2) is 0 Å². The van der Waals surface area contributed by atoms with Crippen LogP contribution >= 0.6 is 15.9 Å². The Balaban J connectivity index is 1.31. The van der Waals surface area contributed by atoms with Crippen LogP contribution in [0.2, 0.25) is 0 Å². The first-order valence-electron chi connectivity index (χ1n) is 13.9. The highest BCUT2D eigenvalue weighted by Gasteiger charge is 2.37. The van der Waals surface area contributed by atoms with Crippen molar-refractivity contribution in [2.75, 3.05) is 0 Å². The third-order valence-corrected chi connectivity index (χ3v) is 10.6. The quantitative estimate of drug-likeness (QED) is 0.198. The number of aryl methyl sites for hydroxylation is 2. The molecular formula is C38H33Br. The van der Waals surface area contributed by atoms with Crippen LogP contribution in [0.3, 0.4) is 0 Å². The molecular weight excluding hydrogens is 536 g/mol. The number of benzene rings is 5. The van der Waals surface area contributed by atoms with Gasteiger partial charge in [-0.25, -0.2) is 0 Å². The Bertz CT molecular complexity index is 1810. The molecule has 2 aliphatic carbocycles. The molecule has 0 saturated carbocycles. The van der Waals surface area contributed by atoms with E-state index in [-0.39, 0.29) is 10.8 Å². The number of rotatable bonds is 2. The fraction of sp³-hybridized carbons (Fsp3) is 0.211. The zero-order chi connectivity index (χ0) is 27.3. The zero-order valence-corrected chi connectivity index (χ0v) is 25.1. The van der Waals surface area contributed by atoms with Crippen molar-refractivity contribution in [1.82, 2.24) is 0 Å². The Labute approximate surface area is 240 Å². The SMILES string of the molecule is Cc1cc(-c2ccc3c(c2)C(C)(C)c2cc(-c4ccc5c(c4)C(C)(C)c4ccccc4-5)ccc2-3)cc(C)c1Br. The molecule has 0 spiro atoms. The van der Waals surface area contributed by atoms with E-state index < -0.39 is 0 Å². The Hall–Kier alpha value is -3.42. The Morgan fingerprint density at radius 3 is 1.31 bits per heavy atom. The summed E-state index contributed by atoms with van der Waals surface area (Å²) in [6, 6.07) is 34.7. The molecule has 0 N–H and O–H groups in total. The molecule has 2 aliphatic rings. The van der Waals surface area contributed by atoms with Crippen LogP contribution in [0.1, 0.15) is 61.1 Å². The third kappa shape index (κ3) is 3.49. The van der Waals surface area contributed by atoms with E-state index in [4.69, 9.17) is 0 Å². The van der Waals surface area contributed by atoms with Crippen molar-refractivity contribution in [3.8, 4) is 44.5 Å². The van der Waals surface area contributed by atoms with Gasteiger partial charge >= 0.3 is 0 Å². The molecule has 192 valence electrons. The average Bonchev–Trinajstić information content (AvgIpc) is 3.30. The van der Waals surface area contributed by atoms with Crippen LogP contribution < -0.4 is 0 Å². The molecule has 0 saturated heterocycles. The van der Waals surface area contributed by atoms with Gasteiger partial charge in [-0.1, -0.05) is 116 Å². The van der Waals surface area contributed by atoms with Crippen LogP contribution in [0.4, 0.5) is 0 Å². The number of halogens is 1. The smallest absolute Gasteiger partial charge is 0.0234 e. The molecule has 0 aromatic heterocycles. The van der Waals surface area contributed by atoms with E-state index >= 15 is 0 Å². The van der Waals surface area contributed by atoms with Gasteiger partial charge in [-0.2, -0.15) is 0 Å². The minimum atomic E-state index is -0.0671. The minimum absolute atomic E-state index is 0.00824. The maximum Gasteiger partial charge on any atom is 0.0234 e. The predicted octanol–water partition coefficient (Wildman–Crippen LogP) is 11.0. The van der Waals surface area contributed by atoms with Crippen LogP contribution in [-0.2, 0) is 10.8 Å². The Kier molecular flexibility index (Phi) is 5.23. The molecule has 0 heterocycles. The molecule has 0 bridgehead atoms. The molecule has 0 nitrogen and oxygen atoms in total. The molecule has 0 fully saturated rings. The van der Waals surface area contributed by atoms with Crippen molar-refractivity contribution < 1.29 is 0 Å². The molecule has 5 aromatic carbocycles. The van der Waals surface area contributed by atoms with E-state index in [1.807, 2.05) is 0 Å². The van der Waals surface area contributed by atoms with Crippen molar-refractivity contribution in [2.24, 2.45) is 0 Å². The van der Waals surface area contributed by atoms with Gasteiger partial charge in [0.25, 0.3) is 0 Å². The van der Waals surface area contributed by atoms with Crippen LogP contribution in [0.25, 0.3) is 44.5 Å². The molecule has 7 rings (SSSR count). The summed E-state index contributed by atoms with van der Waals surface area (Å²) in [7, 11) is 0. The summed E-state index contributed by atoms with van der Waals surface area (Å²) in [5, 5.41) is 0. The second kappa shape index (κ2) is 8.29. The topological polar surface area (TPSA) is 0 Å². The lowest BCUT2D eigenvalue weighted by molar-refractivity contribution is 0.659. The predicted molar refractivity (Wildman–Crippen MR) is 170 cm³/mol. The van der Waals surface area contributed by atoms with Gasteiger partial charge in [0, 0.05) is 15.3 Å². The van der Waals surface area contributed by atoms with Crippen LogP contribution in [0.15, 0.2) is 95.5 Å². The molecule has 5 aromatic rings. The standard InChI is InChI=1S/C38H33Br/c1-22-17-27(18-23(2)36(22)39)26-13-16-31-30-15-12-25(20-34(30)38(5,6)35(31)21-26)24-11-14-29-28-9-7-8-10-32(28)37(3,4)33(29)19-24/h7-21H,1-6H3. The molecule has 0 amide bonds. The largest absolute Gasteiger partial charge is 0.0619 e. The molecule has 0 atom stereocenters. The van der Waals surface area contributed by atoms with Gasteiger partial charge in [0.2, 0.25) is 0 Å². The third-order valence-electron chi connectivity index (χ3n) is 9.36. The summed E-state index contributed by atoms with van der Waals surface area (Å²) in [4.78, 5) is 0. The van der Waals surface area contributed by atoms with Crippen molar-refractivity contribution in [1.29, 1.82) is 0 Å². The lowest BCUT2D eigenvalue weighted by Crippen LogP contribution is -2.15. The normalized spacial score (nSPS) is 15.5. The molecule has 39 heavy (non-hydrogen) atoms. The number of hydrogen-bond acceptors (Lipinski definition) is 0. The average molecular weight is 570 g/mol. The van der Waals surface area contributed by atoms with Crippen LogP contribution in [0, 0.1) is 13.8 Å². The maximum atomic E-state index is 3.73. The second-order valence-corrected chi connectivity index (χ2v) is 13.3. The first-order valence-corrected chi connectivity index (χ1v) is 14.7. The lowest BCUT2D eigenvalue weighted by atomic mass is 9.80. The molecule has 0 unspecified atom stereocenters. The minimum Gasteiger partial charge on any atom is -0.0619 e. The van der Waals surface area contributed by atoms with Crippen molar-refractivity contribution in [2.45, 2.75) is 52.4 Å². The van der Waals surface area contributed by atoms with Gasteiger partial charge in [-0.15, -0.1) is 0 Å². The lowest BCUT2D eigenvalue weighted by Gasteiger charge is -2.23. The van der Waals surface area contributed by atoms with Gasteiger partial charge < -0.3 is 0 Å². The molecule has 1 heteroatoms. The Morgan fingerprint density at radius 1 is 0.436 bits per heavy atom. The van der Waals surface area contributed by atoms with E-state index in [9.17, 15) is 0 Å². The highest BCUT2D eigenvalue weighted by molar-refractivity contribution is 9.10. The van der Waals surface area contributed by atoms with Crippen molar-refractivity contribution in [3.63, 3.8) is 0 Å². The summed E-state index contributed by atoms with van der Waals surface area (Å²) in [6.45, 7) is 13.8. The van der Waals surface area contributed by atoms with Gasteiger partial charge in [0.1, 0.15) is 0 Å². The zero-order valence-electron chi connectivity index (χ0n) is 23.5. The van der Waals surface area contributed by atoms with E-state index in [2.05, 4.69) is 148 Å². The first-order chi connectivity index (χ1) is 18.6. The summed E-state index contributed by atoms with van der Waals surface area (Å²) in [5.41, 5.74) is 18.8. The van der Waals surface area contributed by atoms with E-state index in [1.54, 1.807) is 0 Å². The van der Waals surface area contributed by atoms with E-state index in [0.29, 0.717) is 0 Å². The molecule has 0 aliphatic heterocycles. The van der Waals surface area contributed by atoms with Crippen LogP contribution in [0.5, 0.6) is 0 Å². The highest BCUT2D eigenvalue weighted by Crippen LogP contribution is 2.52. The highest BCUT2D eigenvalue weighted by atomic mass is 79.9. The summed E-state index contributed by atoms with van der Waals surface area (Å²) >= 11 is 3.73. The fourth-order valence-corrected chi connectivity index (χ4v) is 7.32. The van der Waals surface area contributed by atoms with Gasteiger partial charge in [-0.3, -0.25) is 0 Å². The summed E-state index contributed by atoms with van der Waals surface area (Å²) < 4.78 is 1.20. The summed E-state index contributed by atoms with van der Waals surface area (Å²) in [5.74, 6) is 0. The monoisotopic (exact) mass is 568 g/mol.